The van der Waals surface area contributed by atoms with Gasteiger partial charge in [-0.2, -0.15) is 8.42 Å². The van der Waals surface area contributed by atoms with Gasteiger partial charge in [0.1, 0.15) is 16.5 Å². The van der Waals surface area contributed by atoms with Crippen LogP contribution in [0, 0.1) is 11.7 Å². The SMILES string of the molecule is CCC(C)N(Cc1ccccc1OS(=O)(=O)c1ccc(F)cc1)C(=O)C(C)C. The number of carbonyl (C=O) groups excluding carboxylic acids is 1. The highest BCUT2D eigenvalue weighted by molar-refractivity contribution is 7.87. The summed E-state index contributed by atoms with van der Waals surface area (Å²) in [6, 6.07) is 11.1. The molecule has 0 aliphatic carbocycles. The van der Waals surface area contributed by atoms with Gasteiger partial charge < -0.3 is 9.08 Å². The molecular weight excluding hydrogens is 381 g/mol. The van der Waals surface area contributed by atoms with E-state index in [1.807, 2.05) is 27.7 Å². The second kappa shape index (κ2) is 9.19. The molecule has 28 heavy (non-hydrogen) atoms. The molecule has 1 amide bonds. The first-order valence-corrected chi connectivity index (χ1v) is 10.6. The van der Waals surface area contributed by atoms with Gasteiger partial charge in [0.25, 0.3) is 0 Å². The van der Waals surface area contributed by atoms with Gasteiger partial charge in [0.15, 0.2) is 0 Å². The van der Waals surface area contributed by atoms with E-state index in [4.69, 9.17) is 4.18 Å². The maximum absolute atomic E-state index is 13.1. The summed E-state index contributed by atoms with van der Waals surface area (Å²) in [7, 11) is -4.12. The van der Waals surface area contributed by atoms with E-state index in [2.05, 4.69) is 0 Å². The van der Waals surface area contributed by atoms with Crippen LogP contribution in [-0.2, 0) is 21.5 Å². The molecule has 0 fully saturated rings. The number of para-hydroxylation sites is 1. The van der Waals surface area contributed by atoms with Crippen molar-refractivity contribution in [1.82, 2.24) is 4.90 Å². The minimum Gasteiger partial charge on any atom is -0.379 e. The molecule has 0 bridgehead atoms. The molecule has 0 spiro atoms. The van der Waals surface area contributed by atoms with Gasteiger partial charge in [-0.25, -0.2) is 4.39 Å². The van der Waals surface area contributed by atoms with Crippen LogP contribution in [0.25, 0.3) is 0 Å². The number of nitrogens with zero attached hydrogens (tertiary/aromatic N) is 1. The summed E-state index contributed by atoms with van der Waals surface area (Å²) in [5.74, 6) is -0.567. The number of halogens is 1. The Bertz CT molecular complexity index is 910. The molecule has 0 aliphatic heterocycles. The average molecular weight is 408 g/mol. The molecular formula is C21H26FNO4S. The molecule has 0 aliphatic rings. The van der Waals surface area contributed by atoms with Gasteiger partial charge in [-0.1, -0.05) is 39.0 Å². The Balaban J connectivity index is 2.33. The van der Waals surface area contributed by atoms with Gasteiger partial charge >= 0.3 is 10.1 Å². The summed E-state index contributed by atoms with van der Waals surface area (Å²) in [4.78, 5) is 14.2. The van der Waals surface area contributed by atoms with Crippen LogP contribution in [-0.4, -0.2) is 25.3 Å². The zero-order valence-corrected chi connectivity index (χ0v) is 17.4. The third-order valence-electron chi connectivity index (χ3n) is 4.51. The van der Waals surface area contributed by atoms with Crippen molar-refractivity contribution in [2.75, 3.05) is 0 Å². The highest BCUT2D eigenvalue weighted by atomic mass is 32.2. The number of hydrogen-bond donors (Lipinski definition) is 0. The molecule has 0 saturated carbocycles. The van der Waals surface area contributed by atoms with Crippen molar-refractivity contribution in [1.29, 1.82) is 0 Å². The molecule has 0 N–H and O–H groups in total. The van der Waals surface area contributed by atoms with Crippen LogP contribution in [0.5, 0.6) is 5.75 Å². The Kier molecular flexibility index (Phi) is 7.18. The fraction of sp³-hybridized carbons (Fsp3) is 0.381. The zero-order valence-electron chi connectivity index (χ0n) is 16.6. The molecule has 0 aromatic heterocycles. The van der Waals surface area contributed by atoms with Crippen LogP contribution in [0.15, 0.2) is 53.4 Å². The molecule has 0 radical (unpaired) electrons. The van der Waals surface area contributed by atoms with Crippen molar-refractivity contribution in [3.8, 4) is 5.75 Å². The second-order valence-corrected chi connectivity index (χ2v) is 8.52. The predicted molar refractivity (Wildman–Crippen MR) is 106 cm³/mol. The fourth-order valence-corrected chi connectivity index (χ4v) is 3.63. The lowest BCUT2D eigenvalue weighted by molar-refractivity contribution is -0.137. The molecule has 2 rings (SSSR count). The quantitative estimate of drug-likeness (QED) is 0.610. The molecule has 2 aromatic carbocycles. The van der Waals surface area contributed by atoms with Crippen molar-refractivity contribution in [2.24, 2.45) is 5.92 Å². The fourth-order valence-electron chi connectivity index (χ4n) is 2.67. The summed E-state index contributed by atoms with van der Waals surface area (Å²) >= 11 is 0. The molecule has 2 aromatic rings. The molecule has 0 heterocycles. The first kappa shape index (κ1) is 21.9. The number of amides is 1. The summed E-state index contributed by atoms with van der Waals surface area (Å²) < 4.78 is 43.5. The number of carbonyl (C=O) groups is 1. The van der Waals surface area contributed by atoms with E-state index < -0.39 is 15.9 Å². The lowest BCUT2D eigenvalue weighted by Crippen LogP contribution is -2.40. The Morgan fingerprint density at radius 3 is 2.25 bits per heavy atom. The van der Waals surface area contributed by atoms with E-state index in [-0.39, 0.29) is 35.1 Å². The lowest BCUT2D eigenvalue weighted by Gasteiger charge is -2.30. The Morgan fingerprint density at radius 2 is 1.68 bits per heavy atom. The summed E-state index contributed by atoms with van der Waals surface area (Å²) in [6.07, 6.45) is 0.773. The van der Waals surface area contributed by atoms with Crippen molar-refractivity contribution in [2.45, 2.75) is 51.6 Å². The maximum Gasteiger partial charge on any atom is 0.339 e. The van der Waals surface area contributed by atoms with Crippen molar-refractivity contribution in [3.05, 3.63) is 59.9 Å². The largest absolute Gasteiger partial charge is 0.379 e. The number of rotatable bonds is 8. The Labute approximate surface area is 166 Å². The van der Waals surface area contributed by atoms with E-state index in [9.17, 15) is 17.6 Å². The molecule has 152 valence electrons. The third-order valence-corrected chi connectivity index (χ3v) is 5.76. The monoisotopic (exact) mass is 407 g/mol. The number of benzene rings is 2. The van der Waals surface area contributed by atoms with Gasteiger partial charge in [-0.3, -0.25) is 4.79 Å². The van der Waals surface area contributed by atoms with E-state index in [1.165, 1.54) is 0 Å². The predicted octanol–water partition coefficient (Wildman–Crippen LogP) is 4.38. The van der Waals surface area contributed by atoms with Gasteiger partial charge in [-0.05, 0) is 43.7 Å². The van der Waals surface area contributed by atoms with Gasteiger partial charge in [0, 0.05) is 24.1 Å². The molecule has 0 saturated heterocycles. The third kappa shape index (κ3) is 5.32. The Morgan fingerprint density at radius 1 is 1.07 bits per heavy atom. The summed E-state index contributed by atoms with van der Waals surface area (Å²) in [6.45, 7) is 7.85. The zero-order chi connectivity index (χ0) is 20.9. The lowest BCUT2D eigenvalue weighted by atomic mass is 10.1. The van der Waals surface area contributed by atoms with E-state index in [1.54, 1.807) is 29.2 Å². The standard InChI is InChI=1S/C21H26FNO4S/c1-5-16(4)23(21(24)15(2)3)14-17-8-6-7-9-20(17)27-28(25,26)19-12-10-18(22)11-13-19/h6-13,15-16H,5,14H2,1-4H3. The normalized spacial score (nSPS) is 12.6. The van der Waals surface area contributed by atoms with Crippen LogP contribution in [0.2, 0.25) is 0 Å². The van der Waals surface area contributed by atoms with Crippen molar-refractivity contribution >= 4 is 16.0 Å². The topological polar surface area (TPSA) is 63.7 Å². The molecule has 1 atom stereocenters. The van der Waals surface area contributed by atoms with Gasteiger partial charge in [-0.15, -0.1) is 0 Å². The smallest absolute Gasteiger partial charge is 0.339 e. The molecule has 5 nitrogen and oxygen atoms in total. The van der Waals surface area contributed by atoms with E-state index in [0.717, 1.165) is 30.7 Å². The first-order chi connectivity index (χ1) is 13.2. The highest BCUT2D eigenvalue weighted by Crippen LogP contribution is 2.26. The van der Waals surface area contributed by atoms with Gasteiger partial charge in [0.2, 0.25) is 5.91 Å². The van der Waals surface area contributed by atoms with Gasteiger partial charge in [0.05, 0.1) is 0 Å². The van der Waals surface area contributed by atoms with Crippen LogP contribution < -0.4 is 4.18 Å². The van der Waals surface area contributed by atoms with Crippen LogP contribution in [0.4, 0.5) is 4.39 Å². The van der Waals surface area contributed by atoms with E-state index in [0.29, 0.717) is 5.56 Å². The van der Waals surface area contributed by atoms with E-state index >= 15 is 0 Å². The van der Waals surface area contributed by atoms with Crippen LogP contribution in [0.1, 0.15) is 39.7 Å². The minimum atomic E-state index is -4.12. The Hall–Kier alpha value is -2.41. The first-order valence-electron chi connectivity index (χ1n) is 9.24. The second-order valence-electron chi connectivity index (χ2n) is 6.98. The molecule has 1 unspecified atom stereocenters. The van der Waals surface area contributed by atoms with Crippen molar-refractivity contribution < 1.29 is 21.8 Å². The average Bonchev–Trinajstić information content (AvgIpc) is 2.66. The number of hydrogen-bond acceptors (Lipinski definition) is 4. The highest BCUT2D eigenvalue weighted by Gasteiger charge is 2.24. The molecule has 7 heteroatoms. The van der Waals surface area contributed by atoms with Crippen LogP contribution in [0.3, 0.4) is 0 Å². The maximum atomic E-state index is 13.1. The summed E-state index contributed by atoms with van der Waals surface area (Å²) in [5, 5.41) is 0. The minimum absolute atomic E-state index is 0.00309. The van der Waals surface area contributed by atoms with Crippen LogP contribution >= 0.6 is 0 Å². The van der Waals surface area contributed by atoms with Crippen molar-refractivity contribution in [3.63, 3.8) is 0 Å². The summed E-state index contributed by atoms with van der Waals surface area (Å²) in [5.41, 5.74) is 0.586.